The zero-order chi connectivity index (χ0) is 14.0. The Hall–Kier alpha value is -1.75. The molecule has 2 N–H and O–H groups in total. The highest BCUT2D eigenvalue weighted by Gasteiger charge is 2.40. The number of hydrogen-bond donors (Lipinski definition) is 2. The summed E-state index contributed by atoms with van der Waals surface area (Å²) in [5.41, 5.74) is 0.648. The third-order valence-electron chi connectivity index (χ3n) is 3.49. The fourth-order valence-corrected chi connectivity index (χ4v) is 2.48. The van der Waals surface area contributed by atoms with E-state index in [9.17, 15) is 9.90 Å². The minimum atomic E-state index is -0.558. The van der Waals surface area contributed by atoms with Crippen LogP contribution in [-0.2, 0) is 4.79 Å². The summed E-state index contributed by atoms with van der Waals surface area (Å²) in [5, 5.41) is 12.3. The molecule has 0 radical (unpaired) electrons. The SMILES string of the molecule is COc1ccc(N2C(CO)C(=O)NCC2(C)C)cc1. The number of amides is 1. The standard InChI is InChI=1S/C14H20N2O3/c1-14(2)9-15-13(18)12(8-17)16(14)10-4-6-11(19-3)7-5-10/h4-7,12,17H,8-9H2,1-3H3,(H,15,18). The van der Waals surface area contributed by atoms with Gasteiger partial charge in [0.2, 0.25) is 5.91 Å². The van der Waals surface area contributed by atoms with Gasteiger partial charge in [-0.25, -0.2) is 0 Å². The van der Waals surface area contributed by atoms with Crippen LogP contribution in [0.4, 0.5) is 5.69 Å². The number of hydrogen-bond acceptors (Lipinski definition) is 4. The molecule has 19 heavy (non-hydrogen) atoms. The molecule has 1 amide bonds. The zero-order valence-corrected chi connectivity index (χ0v) is 11.5. The molecule has 1 aliphatic rings. The Morgan fingerprint density at radius 3 is 2.58 bits per heavy atom. The number of aliphatic hydroxyl groups excluding tert-OH is 1. The van der Waals surface area contributed by atoms with Gasteiger partial charge in [-0.15, -0.1) is 0 Å². The molecule has 0 aromatic heterocycles. The summed E-state index contributed by atoms with van der Waals surface area (Å²) in [6, 6.07) is 6.96. The second kappa shape index (κ2) is 5.09. The fraction of sp³-hybridized carbons (Fsp3) is 0.500. The van der Waals surface area contributed by atoms with Gasteiger partial charge < -0.3 is 20.1 Å². The van der Waals surface area contributed by atoms with Crippen LogP contribution in [0, 0.1) is 0 Å². The number of ether oxygens (including phenoxy) is 1. The van der Waals surface area contributed by atoms with Gasteiger partial charge in [0.25, 0.3) is 0 Å². The summed E-state index contributed by atoms with van der Waals surface area (Å²) in [4.78, 5) is 13.8. The molecule has 1 aromatic carbocycles. The van der Waals surface area contributed by atoms with E-state index in [0.717, 1.165) is 11.4 Å². The van der Waals surface area contributed by atoms with Gasteiger partial charge in [-0.2, -0.15) is 0 Å². The maximum atomic E-state index is 11.9. The van der Waals surface area contributed by atoms with E-state index in [1.165, 1.54) is 0 Å². The largest absolute Gasteiger partial charge is 0.497 e. The Kier molecular flexibility index (Phi) is 3.66. The van der Waals surface area contributed by atoms with Crippen molar-refractivity contribution >= 4 is 11.6 Å². The number of anilines is 1. The van der Waals surface area contributed by atoms with Crippen LogP contribution < -0.4 is 15.0 Å². The topological polar surface area (TPSA) is 61.8 Å². The molecule has 0 saturated carbocycles. The van der Waals surface area contributed by atoms with Crippen molar-refractivity contribution in [1.82, 2.24) is 5.32 Å². The van der Waals surface area contributed by atoms with Gasteiger partial charge in [-0.3, -0.25) is 4.79 Å². The minimum absolute atomic E-state index is 0.141. The average Bonchev–Trinajstić information content (AvgIpc) is 2.41. The lowest BCUT2D eigenvalue weighted by Crippen LogP contribution is -2.67. The van der Waals surface area contributed by atoms with E-state index in [1.54, 1.807) is 7.11 Å². The van der Waals surface area contributed by atoms with Gasteiger partial charge in [-0.05, 0) is 38.1 Å². The van der Waals surface area contributed by atoms with Gasteiger partial charge in [-0.1, -0.05) is 0 Å². The van der Waals surface area contributed by atoms with Crippen molar-refractivity contribution in [3.8, 4) is 5.75 Å². The molecular formula is C14H20N2O3. The number of methoxy groups -OCH3 is 1. The number of nitrogens with zero attached hydrogens (tertiary/aromatic N) is 1. The first-order valence-corrected chi connectivity index (χ1v) is 6.31. The number of nitrogens with one attached hydrogen (secondary N) is 1. The minimum Gasteiger partial charge on any atom is -0.497 e. The van der Waals surface area contributed by atoms with Crippen molar-refractivity contribution in [3.63, 3.8) is 0 Å². The van der Waals surface area contributed by atoms with Gasteiger partial charge >= 0.3 is 0 Å². The van der Waals surface area contributed by atoms with Crippen LogP contribution in [-0.4, -0.2) is 42.9 Å². The maximum Gasteiger partial charge on any atom is 0.245 e. The lowest BCUT2D eigenvalue weighted by Gasteiger charge is -2.48. The van der Waals surface area contributed by atoms with E-state index in [0.29, 0.717) is 6.54 Å². The summed E-state index contributed by atoms with van der Waals surface area (Å²) in [6.07, 6.45) is 0. The average molecular weight is 264 g/mol. The monoisotopic (exact) mass is 264 g/mol. The van der Waals surface area contributed by atoms with Gasteiger partial charge in [0.1, 0.15) is 11.8 Å². The van der Waals surface area contributed by atoms with Crippen molar-refractivity contribution < 1.29 is 14.6 Å². The lowest BCUT2D eigenvalue weighted by atomic mass is 9.95. The van der Waals surface area contributed by atoms with Crippen molar-refractivity contribution in [1.29, 1.82) is 0 Å². The van der Waals surface area contributed by atoms with Crippen molar-refractivity contribution in [3.05, 3.63) is 24.3 Å². The smallest absolute Gasteiger partial charge is 0.245 e. The first kappa shape index (κ1) is 13.7. The molecule has 0 spiro atoms. The Balaban J connectivity index is 2.38. The molecule has 1 saturated heterocycles. The molecule has 1 aromatic rings. The van der Waals surface area contributed by atoms with E-state index in [2.05, 4.69) is 5.32 Å². The molecule has 0 bridgehead atoms. The fourth-order valence-electron chi connectivity index (χ4n) is 2.48. The van der Waals surface area contributed by atoms with Crippen molar-refractivity contribution in [2.75, 3.05) is 25.2 Å². The number of carbonyl (C=O) groups is 1. The summed E-state index contributed by atoms with van der Waals surface area (Å²) in [6.45, 7) is 4.42. The Bertz CT molecular complexity index is 456. The normalized spacial score (nSPS) is 22.0. The quantitative estimate of drug-likeness (QED) is 0.846. The summed E-state index contributed by atoms with van der Waals surface area (Å²) in [7, 11) is 1.61. The predicted molar refractivity (Wildman–Crippen MR) is 73.4 cm³/mol. The molecule has 2 rings (SSSR count). The van der Waals surface area contributed by atoms with Crippen LogP contribution in [0.5, 0.6) is 5.75 Å². The number of aliphatic hydroxyl groups is 1. The van der Waals surface area contributed by atoms with E-state index in [1.807, 2.05) is 43.0 Å². The van der Waals surface area contributed by atoms with Crippen LogP contribution in [0.3, 0.4) is 0 Å². The number of rotatable bonds is 3. The van der Waals surface area contributed by atoms with Gasteiger partial charge in [0.05, 0.1) is 19.3 Å². The van der Waals surface area contributed by atoms with E-state index in [-0.39, 0.29) is 18.1 Å². The number of piperazine rings is 1. The van der Waals surface area contributed by atoms with Crippen LogP contribution in [0.1, 0.15) is 13.8 Å². The third-order valence-corrected chi connectivity index (χ3v) is 3.49. The van der Waals surface area contributed by atoms with E-state index in [4.69, 9.17) is 4.74 Å². The Labute approximate surface area is 113 Å². The zero-order valence-electron chi connectivity index (χ0n) is 11.5. The number of benzene rings is 1. The first-order chi connectivity index (χ1) is 8.99. The summed E-state index contributed by atoms with van der Waals surface area (Å²) < 4.78 is 5.14. The Morgan fingerprint density at radius 1 is 1.42 bits per heavy atom. The molecule has 5 nitrogen and oxygen atoms in total. The molecule has 5 heteroatoms. The highest BCUT2D eigenvalue weighted by atomic mass is 16.5. The highest BCUT2D eigenvalue weighted by molar-refractivity contribution is 5.87. The van der Waals surface area contributed by atoms with Gasteiger partial charge in [0.15, 0.2) is 0 Å². The predicted octanol–water partition coefficient (Wildman–Crippen LogP) is 0.771. The summed E-state index contributed by atoms with van der Waals surface area (Å²) in [5.74, 6) is 0.626. The third kappa shape index (κ3) is 2.51. The molecule has 1 atom stereocenters. The molecule has 1 unspecified atom stereocenters. The van der Waals surface area contributed by atoms with Crippen molar-refractivity contribution in [2.24, 2.45) is 0 Å². The van der Waals surface area contributed by atoms with Crippen LogP contribution in [0.25, 0.3) is 0 Å². The molecule has 1 fully saturated rings. The second-order valence-electron chi connectivity index (χ2n) is 5.30. The second-order valence-corrected chi connectivity index (χ2v) is 5.30. The Morgan fingerprint density at radius 2 is 2.05 bits per heavy atom. The summed E-state index contributed by atoms with van der Waals surface area (Å²) >= 11 is 0. The van der Waals surface area contributed by atoms with E-state index < -0.39 is 6.04 Å². The molecule has 1 heterocycles. The lowest BCUT2D eigenvalue weighted by molar-refractivity contribution is -0.125. The van der Waals surface area contributed by atoms with Gasteiger partial charge in [0, 0.05) is 12.2 Å². The number of carbonyl (C=O) groups excluding carboxylic acids is 1. The highest BCUT2D eigenvalue weighted by Crippen LogP contribution is 2.30. The van der Waals surface area contributed by atoms with Crippen LogP contribution in [0.2, 0.25) is 0 Å². The van der Waals surface area contributed by atoms with Crippen LogP contribution >= 0.6 is 0 Å². The first-order valence-electron chi connectivity index (χ1n) is 6.31. The molecular weight excluding hydrogens is 244 g/mol. The van der Waals surface area contributed by atoms with Crippen molar-refractivity contribution in [2.45, 2.75) is 25.4 Å². The molecule has 1 aliphatic heterocycles. The molecule has 0 aliphatic carbocycles. The van der Waals surface area contributed by atoms with E-state index >= 15 is 0 Å². The van der Waals surface area contributed by atoms with Crippen LogP contribution in [0.15, 0.2) is 24.3 Å². The maximum absolute atomic E-state index is 11.9. The molecule has 104 valence electrons.